The third kappa shape index (κ3) is 4.37. The Kier molecular flexibility index (Phi) is 6.06. The van der Waals surface area contributed by atoms with Crippen molar-refractivity contribution in [3.05, 3.63) is 18.2 Å². The molecule has 3 rings (SSSR count). The number of benzene rings is 1. The lowest BCUT2D eigenvalue weighted by atomic mass is 9.94. The highest BCUT2D eigenvalue weighted by molar-refractivity contribution is 6.09. The van der Waals surface area contributed by atoms with Crippen LogP contribution in [0.3, 0.4) is 0 Å². The second-order valence-corrected chi connectivity index (χ2v) is 7.37. The topological polar surface area (TPSA) is 97.0 Å². The van der Waals surface area contributed by atoms with E-state index in [2.05, 4.69) is 17.6 Å². The first-order valence-corrected chi connectivity index (χ1v) is 9.76. The Morgan fingerprint density at radius 3 is 2.68 bits per heavy atom. The number of anilines is 1. The van der Waals surface area contributed by atoms with Crippen molar-refractivity contribution in [1.82, 2.24) is 10.2 Å². The Labute approximate surface area is 164 Å². The number of unbranched alkanes of at least 4 members (excludes halogenated alkanes) is 3. The molecule has 2 aliphatic rings. The van der Waals surface area contributed by atoms with Gasteiger partial charge in [-0.3, -0.25) is 14.5 Å². The Hall–Kier alpha value is -2.77. The molecule has 2 aliphatic heterocycles. The number of imide groups is 1. The zero-order valence-corrected chi connectivity index (χ0v) is 16.4. The number of ether oxygens (including phenoxy) is 2. The number of carbonyl (C=O) groups is 3. The smallest absolute Gasteiger partial charge is 0.325 e. The van der Waals surface area contributed by atoms with E-state index in [1.165, 1.54) is 0 Å². The monoisotopic (exact) mass is 389 g/mol. The molecule has 152 valence electrons. The summed E-state index contributed by atoms with van der Waals surface area (Å²) in [4.78, 5) is 38.3. The maximum absolute atomic E-state index is 12.7. The molecule has 1 fully saturated rings. The number of amides is 4. The molecule has 28 heavy (non-hydrogen) atoms. The number of carbonyl (C=O) groups excluding carboxylic acids is 3. The van der Waals surface area contributed by atoms with E-state index in [0.29, 0.717) is 36.8 Å². The lowest BCUT2D eigenvalue weighted by Crippen LogP contribution is -2.44. The molecule has 0 radical (unpaired) electrons. The minimum Gasteiger partial charge on any atom is -0.486 e. The van der Waals surface area contributed by atoms with E-state index >= 15 is 0 Å². The number of urea groups is 1. The van der Waals surface area contributed by atoms with Crippen LogP contribution in [0.2, 0.25) is 0 Å². The van der Waals surface area contributed by atoms with Gasteiger partial charge in [0.2, 0.25) is 5.91 Å². The van der Waals surface area contributed by atoms with E-state index in [1.807, 2.05) is 0 Å². The number of fused-ring (bicyclic) bond motifs is 1. The average Bonchev–Trinajstić information content (AvgIpc) is 2.88. The summed E-state index contributed by atoms with van der Waals surface area (Å²) in [5.41, 5.74) is -0.425. The number of hydrogen-bond acceptors (Lipinski definition) is 5. The number of rotatable bonds is 8. The Balaban J connectivity index is 1.57. The van der Waals surface area contributed by atoms with Gasteiger partial charge in [-0.15, -0.1) is 0 Å². The van der Waals surface area contributed by atoms with Gasteiger partial charge in [0.15, 0.2) is 11.5 Å². The summed E-state index contributed by atoms with van der Waals surface area (Å²) < 4.78 is 10.9. The van der Waals surface area contributed by atoms with Gasteiger partial charge < -0.3 is 20.1 Å². The molecule has 2 heterocycles. The Bertz CT molecular complexity index is 766. The van der Waals surface area contributed by atoms with Gasteiger partial charge >= 0.3 is 6.03 Å². The van der Waals surface area contributed by atoms with Gasteiger partial charge in [-0.1, -0.05) is 32.6 Å². The molecule has 0 aliphatic carbocycles. The molecule has 1 atom stereocenters. The molecular formula is C20H27N3O5. The molecular weight excluding hydrogens is 362 g/mol. The highest BCUT2D eigenvalue weighted by Crippen LogP contribution is 2.32. The fraction of sp³-hybridized carbons (Fsp3) is 0.550. The molecule has 8 heteroatoms. The third-order valence-corrected chi connectivity index (χ3v) is 5.00. The molecule has 0 spiro atoms. The minimum atomic E-state index is -0.942. The van der Waals surface area contributed by atoms with Crippen molar-refractivity contribution in [2.75, 3.05) is 25.1 Å². The van der Waals surface area contributed by atoms with Gasteiger partial charge in [-0.05, 0) is 25.5 Å². The van der Waals surface area contributed by atoms with E-state index in [1.54, 1.807) is 25.1 Å². The van der Waals surface area contributed by atoms with Gasteiger partial charge in [0.1, 0.15) is 25.3 Å². The predicted octanol–water partition coefficient (Wildman–Crippen LogP) is 2.68. The minimum absolute atomic E-state index is 0.330. The Morgan fingerprint density at radius 2 is 1.93 bits per heavy atom. The van der Waals surface area contributed by atoms with Gasteiger partial charge in [0, 0.05) is 11.8 Å². The van der Waals surface area contributed by atoms with Gasteiger partial charge in [0.25, 0.3) is 5.91 Å². The molecule has 8 nitrogen and oxygen atoms in total. The normalized spacial score (nSPS) is 20.9. The molecule has 0 bridgehead atoms. The lowest BCUT2D eigenvalue weighted by molar-refractivity contribution is -0.133. The predicted molar refractivity (Wildman–Crippen MR) is 103 cm³/mol. The number of nitrogens with one attached hydrogen (secondary N) is 2. The highest BCUT2D eigenvalue weighted by atomic mass is 16.6. The van der Waals surface area contributed by atoms with Crippen molar-refractivity contribution < 1.29 is 23.9 Å². The number of nitrogens with zero attached hydrogens (tertiary/aromatic N) is 1. The van der Waals surface area contributed by atoms with Crippen LogP contribution in [0, 0.1) is 0 Å². The van der Waals surface area contributed by atoms with Crippen molar-refractivity contribution in [3.8, 4) is 11.5 Å². The van der Waals surface area contributed by atoms with Crippen LogP contribution < -0.4 is 20.1 Å². The van der Waals surface area contributed by atoms with E-state index in [-0.39, 0.29) is 12.5 Å². The second-order valence-electron chi connectivity index (χ2n) is 7.37. The first-order valence-electron chi connectivity index (χ1n) is 9.76. The summed E-state index contributed by atoms with van der Waals surface area (Å²) in [5, 5.41) is 5.44. The first-order chi connectivity index (χ1) is 13.4. The van der Waals surface area contributed by atoms with Crippen molar-refractivity contribution in [2.24, 2.45) is 0 Å². The average molecular weight is 389 g/mol. The van der Waals surface area contributed by atoms with Crippen molar-refractivity contribution in [3.63, 3.8) is 0 Å². The molecule has 1 saturated heterocycles. The summed E-state index contributed by atoms with van der Waals surface area (Å²) in [6.07, 6.45) is 4.63. The summed E-state index contributed by atoms with van der Waals surface area (Å²) >= 11 is 0. The maximum atomic E-state index is 12.7. The van der Waals surface area contributed by atoms with Crippen molar-refractivity contribution in [2.45, 2.75) is 51.5 Å². The van der Waals surface area contributed by atoms with Crippen LogP contribution >= 0.6 is 0 Å². The quantitative estimate of drug-likeness (QED) is 0.526. The van der Waals surface area contributed by atoms with Crippen molar-refractivity contribution >= 4 is 23.5 Å². The first kappa shape index (κ1) is 20.0. The van der Waals surface area contributed by atoms with Crippen LogP contribution in [-0.4, -0.2) is 48.0 Å². The highest BCUT2D eigenvalue weighted by Gasteiger charge is 2.47. The molecule has 2 N–H and O–H groups in total. The summed E-state index contributed by atoms with van der Waals surface area (Å²) in [5.74, 6) is 0.373. The van der Waals surface area contributed by atoms with Crippen LogP contribution in [-0.2, 0) is 9.59 Å². The summed E-state index contributed by atoms with van der Waals surface area (Å²) in [6.45, 7) is 4.44. The maximum Gasteiger partial charge on any atom is 0.325 e. The zero-order valence-electron chi connectivity index (χ0n) is 16.4. The van der Waals surface area contributed by atoms with Crippen LogP contribution in [0.15, 0.2) is 18.2 Å². The molecule has 0 unspecified atom stereocenters. The van der Waals surface area contributed by atoms with E-state index in [4.69, 9.17) is 9.47 Å². The van der Waals surface area contributed by atoms with E-state index < -0.39 is 17.5 Å². The van der Waals surface area contributed by atoms with E-state index in [9.17, 15) is 14.4 Å². The number of hydrogen-bond donors (Lipinski definition) is 2. The molecule has 1 aromatic rings. The Morgan fingerprint density at radius 1 is 1.18 bits per heavy atom. The molecule has 1 aromatic carbocycles. The molecule has 4 amide bonds. The SMILES string of the molecule is CCCCCC[C@@]1(C)NC(=O)N(CC(=O)Nc2ccc3c(c2)OCCO3)C1=O. The molecule has 0 aromatic heterocycles. The van der Waals surface area contributed by atoms with E-state index in [0.717, 1.165) is 30.6 Å². The largest absolute Gasteiger partial charge is 0.486 e. The summed E-state index contributed by atoms with van der Waals surface area (Å²) in [7, 11) is 0. The second kappa shape index (κ2) is 8.50. The fourth-order valence-corrected chi connectivity index (χ4v) is 3.43. The third-order valence-electron chi connectivity index (χ3n) is 5.00. The van der Waals surface area contributed by atoms with Crippen LogP contribution in [0.1, 0.15) is 46.0 Å². The fourth-order valence-electron chi connectivity index (χ4n) is 3.43. The van der Waals surface area contributed by atoms with Gasteiger partial charge in [-0.2, -0.15) is 0 Å². The summed E-state index contributed by atoms with van der Waals surface area (Å²) in [6, 6.07) is 4.54. The standard InChI is InChI=1S/C20H27N3O5/c1-3-4-5-6-9-20(2)18(25)23(19(26)22-20)13-17(24)21-14-7-8-15-16(12-14)28-11-10-27-15/h7-8,12H,3-6,9-11,13H2,1-2H3,(H,21,24)(H,22,26)/t20-/m1/s1. The lowest BCUT2D eigenvalue weighted by Gasteiger charge is -2.21. The zero-order chi connectivity index (χ0) is 20.1. The van der Waals surface area contributed by atoms with Crippen LogP contribution in [0.4, 0.5) is 10.5 Å². The van der Waals surface area contributed by atoms with Crippen LogP contribution in [0.25, 0.3) is 0 Å². The van der Waals surface area contributed by atoms with Gasteiger partial charge in [0.05, 0.1) is 0 Å². The molecule has 0 saturated carbocycles. The van der Waals surface area contributed by atoms with Crippen LogP contribution in [0.5, 0.6) is 11.5 Å². The van der Waals surface area contributed by atoms with Crippen molar-refractivity contribution in [1.29, 1.82) is 0 Å². The van der Waals surface area contributed by atoms with Gasteiger partial charge in [-0.25, -0.2) is 4.79 Å².